The van der Waals surface area contributed by atoms with Crippen LogP contribution in [-0.2, 0) is 4.79 Å². The Bertz CT molecular complexity index is 770. The normalized spacial score (nSPS) is 10.0. The van der Waals surface area contributed by atoms with Crippen molar-refractivity contribution in [3.63, 3.8) is 0 Å². The van der Waals surface area contributed by atoms with Crippen LogP contribution in [0.25, 0.3) is 0 Å². The fourth-order valence-electron chi connectivity index (χ4n) is 2.19. The van der Waals surface area contributed by atoms with Crippen LogP contribution >= 0.6 is 0 Å². The molecular weight excluding hydrogens is 318 g/mol. The van der Waals surface area contributed by atoms with Crippen LogP contribution < -0.4 is 16.0 Å². The van der Waals surface area contributed by atoms with E-state index in [1.54, 1.807) is 48.5 Å². The van der Waals surface area contributed by atoms with Gasteiger partial charge < -0.3 is 16.0 Å². The lowest BCUT2D eigenvalue weighted by Crippen LogP contribution is -2.24. The van der Waals surface area contributed by atoms with Crippen molar-refractivity contribution in [2.45, 2.75) is 20.3 Å². The van der Waals surface area contributed by atoms with Crippen LogP contribution in [0.4, 0.5) is 11.4 Å². The average Bonchev–Trinajstić information content (AvgIpc) is 2.59. The summed E-state index contributed by atoms with van der Waals surface area (Å²) in [5.74, 6) is -0.627. The quantitative estimate of drug-likeness (QED) is 0.756. The third kappa shape index (κ3) is 5.46. The zero-order chi connectivity index (χ0) is 18.2. The molecule has 2 aromatic carbocycles. The van der Waals surface area contributed by atoms with Gasteiger partial charge >= 0.3 is 0 Å². The summed E-state index contributed by atoms with van der Waals surface area (Å²) in [4.78, 5) is 35.2. The van der Waals surface area contributed by atoms with E-state index in [0.29, 0.717) is 29.0 Å². The number of hydrogen-bond acceptors (Lipinski definition) is 3. The zero-order valence-electron chi connectivity index (χ0n) is 14.3. The molecule has 0 aliphatic heterocycles. The molecule has 25 heavy (non-hydrogen) atoms. The highest BCUT2D eigenvalue weighted by atomic mass is 16.2. The molecule has 0 heterocycles. The fraction of sp³-hybridized carbons (Fsp3) is 0.211. The predicted molar refractivity (Wildman–Crippen MR) is 97.8 cm³/mol. The molecule has 0 fully saturated rings. The van der Waals surface area contributed by atoms with Gasteiger partial charge in [0.15, 0.2) is 0 Å². The summed E-state index contributed by atoms with van der Waals surface area (Å²) in [6, 6.07) is 13.3. The maximum atomic E-state index is 12.3. The van der Waals surface area contributed by atoms with Crippen LogP contribution in [0.1, 0.15) is 41.0 Å². The number of anilines is 2. The van der Waals surface area contributed by atoms with Gasteiger partial charge in [0.25, 0.3) is 11.8 Å². The van der Waals surface area contributed by atoms with Crippen molar-refractivity contribution in [1.82, 2.24) is 5.32 Å². The molecule has 6 nitrogen and oxygen atoms in total. The smallest absolute Gasteiger partial charge is 0.255 e. The molecule has 2 aromatic rings. The summed E-state index contributed by atoms with van der Waals surface area (Å²) < 4.78 is 0. The Morgan fingerprint density at radius 2 is 1.40 bits per heavy atom. The lowest BCUT2D eigenvalue weighted by molar-refractivity contribution is -0.114. The van der Waals surface area contributed by atoms with Gasteiger partial charge in [-0.3, -0.25) is 14.4 Å². The van der Waals surface area contributed by atoms with Crippen molar-refractivity contribution in [3.8, 4) is 0 Å². The van der Waals surface area contributed by atoms with Gasteiger partial charge in [0.05, 0.1) is 0 Å². The largest absolute Gasteiger partial charge is 0.352 e. The number of carbonyl (C=O) groups is 3. The molecule has 0 spiro atoms. The third-order valence-corrected chi connectivity index (χ3v) is 3.39. The molecular formula is C19H21N3O3. The van der Waals surface area contributed by atoms with Crippen molar-refractivity contribution in [2.24, 2.45) is 0 Å². The molecule has 0 saturated heterocycles. The highest BCUT2D eigenvalue weighted by molar-refractivity contribution is 6.05. The summed E-state index contributed by atoms with van der Waals surface area (Å²) in [6.07, 6.45) is 0.865. The van der Waals surface area contributed by atoms with E-state index < -0.39 is 0 Å². The number of amides is 3. The summed E-state index contributed by atoms with van der Waals surface area (Å²) in [6.45, 7) is 4.02. The molecule has 0 aliphatic carbocycles. The van der Waals surface area contributed by atoms with Crippen LogP contribution in [0.2, 0.25) is 0 Å². The van der Waals surface area contributed by atoms with Gasteiger partial charge in [0.2, 0.25) is 5.91 Å². The van der Waals surface area contributed by atoms with Gasteiger partial charge in [-0.15, -0.1) is 0 Å². The lowest BCUT2D eigenvalue weighted by Gasteiger charge is -2.08. The maximum Gasteiger partial charge on any atom is 0.255 e. The fourth-order valence-corrected chi connectivity index (χ4v) is 2.19. The third-order valence-electron chi connectivity index (χ3n) is 3.39. The number of nitrogens with one attached hydrogen (secondary N) is 3. The molecule has 0 atom stereocenters. The van der Waals surface area contributed by atoms with Crippen LogP contribution in [0, 0.1) is 0 Å². The molecule has 3 N–H and O–H groups in total. The maximum absolute atomic E-state index is 12.3. The van der Waals surface area contributed by atoms with Crippen molar-refractivity contribution in [3.05, 3.63) is 59.7 Å². The minimum atomic E-state index is -0.291. The first-order chi connectivity index (χ1) is 12.0. The van der Waals surface area contributed by atoms with Crippen LogP contribution in [0.3, 0.4) is 0 Å². The van der Waals surface area contributed by atoms with E-state index in [1.807, 2.05) is 6.92 Å². The molecule has 6 heteroatoms. The second kappa shape index (κ2) is 8.63. The van der Waals surface area contributed by atoms with Crippen LogP contribution in [0.15, 0.2) is 48.5 Å². The van der Waals surface area contributed by atoms with Gasteiger partial charge in [-0.25, -0.2) is 0 Å². The van der Waals surface area contributed by atoms with E-state index >= 15 is 0 Å². The molecule has 0 saturated carbocycles. The van der Waals surface area contributed by atoms with Gasteiger partial charge in [0, 0.05) is 36.0 Å². The summed E-state index contributed by atoms with van der Waals surface area (Å²) in [7, 11) is 0. The predicted octanol–water partition coefficient (Wildman–Crippen LogP) is 3.04. The highest BCUT2D eigenvalue weighted by Crippen LogP contribution is 2.16. The van der Waals surface area contributed by atoms with E-state index in [4.69, 9.17) is 0 Å². The number of hydrogen-bond donors (Lipinski definition) is 3. The highest BCUT2D eigenvalue weighted by Gasteiger charge is 2.09. The van der Waals surface area contributed by atoms with Crippen molar-refractivity contribution >= 4 is 29.1 Å². The Morgan fingerprint density at radius 1 is 0.840 bits per heavy atom. The van der Waals surface area contributed by atoms with E-state index in [0.717, 1.165) is 6.42 Å². The molecule has 0 aromatic heterocycles. The first kappa shape index (κ1) is 18.2. The van der Waals surface area contributed by atoms with E-state index in [2.05, 4.69) is 16.0 Å². The molecule has 130 valence electrons. The Hall–Kier alpha value is -3.15. The summed E-state index contributed by atoms with van der Waals surface area (Å²) >= 11 is 0. The van der Waals surface area contributed by atoms with Crippen molar-refractivity contribution in [1.29, 1.82) is 0 Å². The molecule has 0 radical (unpaired) electrons. The SMILES string of the molecule is CCCNC(=O)c1ccc(C(=O)Nc2cccc(NC(C)=O)c2)cc1. The van der Waals surface area contributed by atoms with E-state index in [9.17, 15) is 14.4 Å². The summed E-state index contributed by atoms with van der Waals surface area (Å²) in [5, 5.41) is 8.21. The number of rotatable bonds is 6. The van der Waals surface area contributed by atoms with Gasteiger partial charge in [-0.05, 0) is 48.9 Å². The molecule has 0 bridgehead atoms. The average molecular weight is 339 g/mol. The zero-order valence-corrected chi connectivity index (χ0v) is 14.3. The standard InChI is InChI=1S/C19H21N3O3/c1-3-11-20-18(24)14-7-9-15(10-8-14)19(25)22-17-6-4-5-16(12-17)21-13(2)23/h4-10,12H,3,11H2,1-2H3,(H,20,24)(H,21,23)(H,22,25). The van der Waals surface area contributed by atoms with Crippen LogP contribution in [0.5, 0.6) is 0 Å². The Morgan fingerprint density at radius 3 is 1.96 bits per heavy atom. The second-order valence-corrected chi connectivity index (χ2v) is 5.55. The lowest BCUT2D eigenvalue weighted by atomic mass is 10.1. The number of carbonyl (C=O) groups excluding carboxylic acids is 3. The van der Waals surface area contributed by atoms with E-state index in [1.165, 1.54) is 6.92 Å². The molecule has 3 amide bonds. The second-order valence-electron chi connectivity index (χ2n) is 5.55. The minimum absolute atomic E-state index is 0.156. The first-order valence-electron chi connectivity index (χ1n) is 8.07. The summed E-state index contributed by atoms with van der Waals surface area (Å²) in [5.41, 5.74) is 2.13. The monoisotopic (exact) mass is 339 g/mol. The number of benzene rings is 2. The molecule has 2 rings (SSSR count). The van der Waals surface area contributed by atoms with Gasteiger partial charge in [-0.2, -0.15) is 0 Å². The molecule has 0 aliphatic rings. The Kier molecular flexibility index (Phi) is 6.28. The molecule has 0 unspecified atom stereocenters. The van der Waals surface area contributed by atoms with Gasteiger partial charge in [-0.1, -0.05) is 13.0 Å². The Balaban J connectivity index is 2.03. The first-order valence-corrected chi connectivity index (χ1v) is 8.07. The van der Waals surface area contributed by atoms with E-state index in [-0.39, 0.29) is 17.7 Å². The van der Waals surface area contributed by atoms with Gasteiger partial charge in [0.1, 0.15) is 0 Å². The topological polar surface area (TPSA) is 87.3 Å². The van der Waals surface area contributed by atoms with Crippen LogP contribution in [-0.4, -0.2) is 24.3 Å². The van der Waals surface area contributed by atoms with Crippen molar-refractivity contribution < 1.29 is 14.4 Å². The van der Waals surface area contributed by atoms with Crippen molar-refractivity contribution in [2.75, 3.05) is 17.2 Å². The Labute approximate surface area is 146 Å². The minimum Gasteiger partial charge on any atom is -0.352 e.